The first-order valence-corrected chi connectivity index (χ1v) is 10.2. The van der Waals surface area contributed by atoms with E-state index in [2.05, 4.69) is 5.32 Å². The fourth-order valence-electron chi connectivity index (χ4n) is 4.78. The highest BCUT2D eigenvalue weighted by molar-refractivity contribution is 6.08. The van der Waals surface area contributed by atoms with E-state index in [1.54, 1.807) is 0 Å². The number of hydrogen-bond acceptors (Lipinski definition) is 4. The van der Waals surface area contributed by atoms with Gasteiger partial charge in [-0.15, -0.1) is 0 Å². The third-order valence-corrected chi connectivity index (χ3v) is 6.50. The van der Waals surface area contributed by atoms with Crippen molar-refractivity contribution in [2.45, 2.75) is 45.2 Å². The molecule has 3 aromatic rings. The molecule has 1 unspecified atom stereocenters. The predicted octanol–water partition coefficient (Wildman–Crippen LogP) is 3.69. The van der Waals surface area contributed by atoms with Crippen molar-refractivity contribution < 1.29 is 14.0 Å². The van der Waals surface area contributed by atoms with E-state index in [1.165, 1.54) is 11.0 Å². The summed E-state index contributed by atoms with van der Waals surface area (Å²) in [4.78, 5) is 39.9. The van der Waals surface area contributed by atoms with Gasteiger partial charge in [-0.3, -0.25) is 9.69 Å². The molecule has 1 N–H and O–H groups in total. The Morgan fingerprint density at radius 3 is 2.73 bits per heavy atom. The zero-order chi connectivity index (χ0) is 21.0. The van der Waals surface area contributed by atoms with E-state index in [0.717, 1.165) is 40.5 Å². The Hall–Kier alpha value is -3.41. The van der Waals surface area contributed by atoms with Crippen LogP contribution in [0.25, 0.3) is 11.0 Å². The smallest absolute Gasteiger partial charge is 0.336 e. The first-order chi connectivity index (χ1) is 14.4. The van der Waals surface area contributed by atoms with Gasteiger partial charge >= 0.3 is 11.7 Å². The van der Waals surface area contributed by atoms with Crippen LogP contribution in [0, 0.1) is 13.8 Å². The van der Waals surface area contributed by atoms with Crippen LogP contribution in [-0.4, -0.2) is 16.8 Å². The van der Waals surface area contributed by atoms with E-state index in [0.29, 0.717) is 17.6 Å². The number of aryl methyl sites for hydroxylation is 3. The Bertz CT molecular complexity index is 1280. The molecule has 1 aromatic heterocycles. The van der Waals surface area contributed by atoms with Crippen LogP contribution in [0.5, 0.6) is 0 Å². The van der Waals surface area contributed by atoms with Crippen molar-refractivity contribution in [3.8, 4) is 0 Å². The number of fused-ring (bicyclic) bond motifs is 3. The number of nitrogens with zero attached hydrogens (tertiary/aromatic N) is 1. The summed E-state index contributed by atoms with van der Waals surface area (Å²) in [5.41, 5.74) is 3.45. The average Bonchev–Trinajstić information content (AvgIpc) is 2.96. The molecular formula is C24H22N2O4. The zero-order valence-corrected chi connectivity index (χ0v) is 17.0. The highest BCUT2D eigenvalue weighted by atomic mass is 16.4. The van der Waals surface area contributed by atoms with Crippen LogP contribution in [0.15, 0.2) is 51.7 Å². The van der Waals surface area contributed by atoms with Crippen LogP contribution in [0.3, 0.4) is 0 Å². The summed E-state index contributed by atoms with van der Waals surface area (Å²) in [5, 5.41) is 3.70. The maximum absolute atomic E-state index is 13.5. The van der Waals surface area contributed by atoms with Gasteiger partial charge in [-0.25, -0.2) is 9.59 Å². The number of rotatable bonds is 2. The van der Waals surface area contributed by atoms with E-state index >= 15 is 0 Å². The summed E-state index contributed by atoms with van der Waals surface area (Å²) < 4.78 is 5.43. The van der Waals surface area contributed by atoms with Crippen molar-refractivity contribution in [1.29, 1.82) is 0 Å². The summed E-state index contributed by atoms with van der Waals surface area (Å²) in [5.74, 6) is -0.259. The van der Waals surface area contributed by atoms with E-state index in [9.17, 15) is 14.4 Å². The van der Waals surface area contributed by atoms with Crippen LogP contribution < -0.4 is 10.9 Å². The standard InChI is InChI=1S/C24H22N2O4/c1-14-9-10-18-17(12-20(27)30-21(18)15(14)2)13-26-22(28)24(25-23(26)29)11-5-7-16-6-3-4-8-19(16)24/h3-4,6,8-10,12H,5,7,11,13H2,1-2H3,(H,25,29). The molecule has 6 heteroatoms. The Morgan fingerprint density at radius 1 is 1.10 bits per heavy atom. The molecule has 1 aliphatic heterocycles. The van der Waals surface area contributed by atoms with Gasteiger partial charge in [-0.1, -0.05) is 36.4 Å². The molecule has 1 saturated heterocycles. The van der Waals surface area contributed by atoms with Gasteiger partial charge in [0.25, 0.3) is 5.91 Å². The SMILES string of the molecule is Cc1ccc2c(CN3C(=O)NC4(CCCc5ccccc54)C3=O)cc(=O)oc2c1C. The Morgan fingerprint density at radius 2 is 1.90 bits per heavy atom. The maximum Gasteiger partial charge on any atom is 0.336 e. The van der Waals surface area contributed by atoms with Crippen molar-refractivity contribution in [3.05, 3.63) is 80.7 Å². The van der Waals surface area contributed by atoms with Crippen LogP contribution in [-0.2, 0) is 23.3 Å². The van der Waals surface area contributed by atoms with E-state index < -0.39 is 17.2 Å². The second-order valence-electron chi connectivity index (χ2n) is 8.21. The van der Waals surface area contributed by atoms with Crippen LogP contribution in [0.4, 0.5) is 4.79 Å². The lowest BCUT2D eigenvalue weighted by Crippen LogP contribution is -2.46. The van der Waals surface area contributed by atoms with Crippen LogP contribution in [0.1, 0.15) is 40.7 Å². The fraction of sp³-hybridized carbons (Fsp3) is 0.292. The molecule has 0 saturated carbocycles. The minimum absolute atomic E-state index is 0.0270. The highest BCUT2D eigenvalue weighted by Crippen LogP contribution is 2.40. The number of carbonyl (C=O) groups is 2. The first-order valence-electron chi connectivity index (χ1n) is 10.2. The molecule has 2 aromatic carbocycles. The Labute approximate surface area is 173 Å². The van der Waals surface area contributed by atoms with Gasteiger partial charge in [0, 0.05) is 11.5 Å². The van der Waals surface area contributed by atoms with Crippen molar-refractivity contribution in [1.82, 2.24) is 10.2 Å². The molecule has 2 aliphatic rings. The largest absolute Gasteiger partial charge is 0.422 e. The van der Waals surface area contributed by atoms with E-state index in [-0.39, 0.29) is 12.5 Å². The topological polar surface area (TPSA) is 79.6 Å². The van der Waals surface area contributed by atoms with Gasteiger partial charge in [-0.2, -0.15) is 0 Å². The summed E-state index contributed by atoms with van der Waals surface area (Å²) in [6.45, 7) is 3.87. The molecular weight excluding hydrogens is 380 g/mol. The van der Waals surface area contributed by atoms with Gasteiger partial charge in [0.05, 0.1) is 6.54 Å². The molecule has 1 fully saturated rings. The zero-order valence-electron chi connectivity index (χ0n) is 17.0. The Balaban J connectivity index is 1.58. The van der Waals surface area contributed by atoms with Gasteiger partial charge in [-0.05, 0) is 60.9 Å². The summed E-state index contributed by atoms with van der Waals surface area (Å²) >= 11 is 0. The van der Waals surface area contributed by atoms with Gasteiger partial charge < -0.3 is 9.73 Å². The van der Waals surface area contributed by atoms with Crippen molar-refractivity contribution in [3.63, 3.8) is 0 Å². The van der Waals surface area contributed by atoms with Gasteiger partial charge in [0.1, 0.15) is 11.1 Å². The lowest BCUT2D eigenvalue weighted by Gasteiger charge is -2.33. The van der Waals surface area contributed by atoms with Crippen molar-refractivity contribution >= 4 is 22.9 Å². The normalized spacial score (nSPS) is 20.7. The van der Waals surface area contributed by atoms with E-state index in [4.69, 9.17) is 4.42 Å². The molecule has 0 radical (unpaired) electrons. The molecule has 5 rings (SSSR count). The molecule has 1 spiro atoms. The number of amides is 3. The number of benzene rings is 2. The average molecular weight is 402 g/mol. The predicted molar refractivity (Wildman–Crippen MR) is 112 cm³/mol. The van der Waals surface area contributed by atoms with Crippen molar-refractivity contribution in [2.75, 3.05) is 0 Å². The highest BCUT2D eigenvalue weighted by Gasteiger charge is 2.53. The van der Waals surface area contributed by atoms with Gasteiger partial charge in [0.15, 0.2) is 0 Å². The third kappa shape index (κ3) is 2.60. The van der Waals surface area contributed by atoms with Gasteiger partial charge in [0.2, 0.25) is 0 Å². The maximum atomic E-state index is 13.5. The molecule has 6 nitrogen and oxygen atoms in total. The molecule has 1 aliphatic carbocycles. The number of carbonyl (C=O) groups excluding carboxylic acids is 2. The molecule has 1 atom stereocenters. The first kappa shape index (κ1) is 18.6. The molecule has 3 amide bonds. The molecule has 152 valence electrons. The van der Waals surface area contributed by atoms with E-state index in [1.807, 2.05) is 50.2 Å². The molecule has 30 heavy (non-hydrogen) atoms. The lowest BCUT2D eigenvalue weighted by molar-refractivity contribution is -0.132. The summed E-state index contributed by atoms with van der Waals surface area (Å²) in [6, 6.07) is 12.6. The quantitative estimate of drug-likeness (QED) is 0.524. The fourth-order valence-corrected chi connectivity index (χ4v) is 4.78. The second-order valence-corrected chi connectivity index (χ2v) is 8.21. The monoisotopic (exact) mass is 402 g/mol. The minimum Gasteiger partial charge on any atom is -0.422 e. The molecule has 0 bridgehead atoms. The number of urea groups is 1. The summed E-state index contributed by atoms with van der Waals surface area (Å²) in [7, 11) is 0. The molecule has 2 heterocycles. The van der Waals surface area contributed by atoms with Crippen LogP contribution >= 0.6 is 0 Å². The summed E-state index contributed by atoms with van der Waals surface area (Å²) in [6.07, 6.45) is 2.29. The number of imide groups is 1. The number of nitrogens with one attached hydrogen (secondary N) is 1. The number of hydrogen-bond donors (Lipinski definition) is 1. The lowest BCUT2D eigenvalue weighted by atomic mass is 9.76. The van der Waals surface area contributed by atoms with Crippen molar-refractivity contribution in [2.24, 2.45) is 0 Å². The Kier molecular flexibility index (Phi) is 4.07. The third-order valence-electron chi connectivity index (χ3n) is 6.50. The van der Waals surface area contributed by atoms with Crippen LogP contribution in [0.2, 0.25) is 0 Å². The second kappa shape index (κ2) is 6.55. The minimum atomic E-state index is -1.02.